The van der Waals surface area contributed by atoms with Crippen LogP contribution in [0.15, 0.2) is 46.0 Å². The van der Waals surface area contributed by atoms with Crippen molar-refractivity contribution in [3.05, 3.63) is 84.2 Å². The fourth-order valence-electron chi connectivity index (χ4n) is 4.90. The summed E-state index contributed by atoms with van der Waals surface area (Å²) in [6, 6.07) is 12.3. The molecule has 0 spiro atoms. The Kier molecular flexibility index (Phi) is 6.76. The molecule has 38 heavy (non-hydrogen) atoms. The number of pyridine rings is 1. The van der Waals surface area contributed by atoms with Crippen molar-refractivity contribution < 1.29 is 4.74 Å². The van der Waals surface area contributed by atoms with Crippen LogP contribution in [0.2, 0.25) is 10.0 Å². The number of aryl methyl sites for hydroxylation is 1. The lowest BCUT2D eigenvalue weighted by Gasteiger charge is -2.34. The summed E-state index contributed by atoms with van der Waals surface area (Å²) in [6.07, 6.45) is 4.71. The third-order valence-electron chi connectivity index (χ3n) is 7.15. The van der Waals surface area contributed by atoms with Gasteiger partial charge in [-0.3, -0.25) is 14.8 Å². The van der Waals surface area contributed by atoms with Crippen molar-refractivity contribution in [2.24, 2.45) is 5.41 Å². The summed E-state index contributed by atoms with van der Waals surface area (Å²) in [5, 5.41) is 14.1. The summed E-state index contributed by atoms with van der Waals surface area (Å²) in [5.41, 5.74) is 1.57. The number of aromatic amines is 1. The minimum atomic E-state index is -0.873. The summed E-state index contributed by atoms with van der Waals surface area (Å²) >= 11 is 12.9. The Morgan fingerprint density at radius 3 is 2.45 bits per heavy atom. The predicted octanol–water partition coefficient (Wildman–Crippen LogP) is 6.43. The zero-order chi connectivity index (χ0) is 27.2. The largest absolute Gasteiger partial charge is 0.454 e. The van der Waals surface area contributed by atoms with Crippen molar-refractivity contribution in [2.45, 2.75) is 52.4 Å². The maximum Gasteiger partial charge on any atom is 0.349 e. The van der Waals surface area contributed by atoms with Gasteiger partial charge in [0.05, 0.1) is 21.2 Å². The van der Waals surface area contributed by atoms with Gasteiger partial charge in [-0.25, -0.2) is 4.79 Å². The molecule has 8 nitrogen and oxygen atoms in total. The van der Waals surface area contributed by atoms with Crippen LogP contribution in [0.25, 0.3) is 16.6 Å². The molecule has 5 rings (SSSR count). The first-order chi connectivity index (χ1) is 18.0. The number of aromatic nitrogens is 4. The van der Waals surface area contributed by atoms with E-state index >= 15 is 0 Å². The van der Waals surface area contributed by atoms with Crippen LogP contribution in [0.5, 0.6) is 11.5 Å². The molecule has 194 valence electrons. The summed E-state index contributed by atoms with van der Waals surface area (Å²) in [6.45, 7) is 6.74. The van der Waals surface area contributed by atoms with Gasteiger partial charge < -0.3 is 4.74 Å². The highest BCUT2D eigenvalue weighted by Gasteiger charge is 2.28. The van der Waals surface area contributed by atoms with Gasteiger partial charge in [0.25, 0.3) is 5.56 Å². The average molecular weight is 550 g/mol. The van der Waals surface area contributed by atoms with Gasteiger partial charge >= 0.3 is 5.69 Å². The second-order valence-corrected chi connectivity index (χ2v) is 11.3. The Morgan fingerprint density at radius 1 is 1.11 bits per heavy atom. The highest BCUT2D eigenvalue weighted by molar-refractivity contribution is 6.37. The summed E-state index contributed by atoms with van der Waals surface area (Å²) in [7, 11) is 0. The van der Waals surface area contributed by atoms with Crippen molar-refractivity contribution in [1.29, 1.82) is 5.26 Å². The number of nitrogens with one attached hydrogen (secondary N) is 1. The first kappa shape index (κ1) is 26.0. The van der Waals surface area contributed by atoms with Gasteiger partial charge in [0.2, 0.25) is 5.69 Å². The van der Waals surface area contributed by atoms with Crippen molar-refractivity contribution in [1.82, 2.24) is 19.7 Å². The predicted molar refractivity (Wildman–Crippen MR) is 147 cm³/mol. The topological polar surface area (TPSA) is 114 Å². The molecule has 0 bridgehead atoms. The van der Waals surface area contributed by atoms with Crippen LogP contribution >= 0.6 is 23.2 Å². The van der Waals surface area contributed by atoms with Crippen LogP contribution in [0, 0.1) is 23.7 Å². The van der Waals surface area contributed by atoms with Crippen LogP contribution in [0.3, 0.4) is 0 Å². The van der Waals surface area contributed by atoms with Crippen molar-refractivity contribution in [2.75, 3.05) is 0 Å². The van der Waals surface area contributed by atoms with Gasteiger partial charge in [0.1, 0.15) is 11.8 Å². The third-order valence-corrected chi connectivity index (χ3v) is 7.71. The van der Waals surface area contributed by atoms with Gasteiger partial charge in [-0.05, 0) is 80.0 Å². The highest BCUT2D eigenvalue weighted by Crippen LogP contribution is 2.43. The lowest BCUT2D eigenvalue weighted by Crippen LogP contribution is -2.33. The molecule has 1 aliphatic carbocycles. The monoisotopic (exact) mass is 549 g/mol. The molecule has 0 saturated heterocycles. The standard InChI is InChI=1S/C28H25Cl2N5O3/c1-15-10-23(16-6-8-28(2,3)9-7-16)32-22-5-4-18(13-19(15)22)38-25-20(29)11-17(12-21(25)30)35-27(37)33-26(36)24(14-31)34-35/h4-5,10-13,16H,6-9H2,1-3H3,(H,33,36,37). The molecule has 0 atom stereocenters. The zero-order valence-electron chi connectivity index (χ0n) is 21.1. The molecule has 0 aliphatic heterocycles. The van der Waals surface area contributed by atoms with Crippen molar-refractivity contribution in [3.8, 4) is 23.3 Å². The SMILES string of the molecule is Cc1cc(C2CCC(C)(C)CC2)nc2ccc(Oc3c(Cl)cc(-n4nc(C#N)c(=O)[nH]c4=O)cc3Cl)cc12. The van der Waals surface area contributed by atoms with Gasteiger partial charge in [-0.2, -0.15) is 9.94 Å². The van der Waals surface area contributed by atoms with Crippen LogP contribution in [0.1, 0.15) is 62.4 Å². The molecule has 2 aromatic carbocycles. The average Bonchev–Trinajstić information content (AvgIpc) is 2.86. The van der Waals surface area contributed by atoms with E-state index in [2.05, 4.69) is 31.9 Å². The minimum absolute atomic E-state index is 0.122. The lowest BCUT2D eigenvalue weighted by molar-refractivity contribution is 0.223. The zero-order valence-corrected chi connectivity index (χ0v) is 22.7. The molecular formula is C28H25Cl2N5O3. The number of ether oxygens (including phenoxy) is 1. The minimum Gasteiger partial charge on any atom is -0.454 e. The van der Waals surface area contributed by atoms with Crippen LogP contribution in [0.4, 0.5) is 0 Å². The molecule has 1 saturated carbocycles. The maximum atomic E-state index is 12.2. The normalized spacial score (nSPS) is 15.4. The van der Waals surface area contributed by atoms with E-state index in [1.807, 2.05) is 23.2 Å². The molecule has 4 aromatic rings. The van der Waals surface area contributed by atoms with Gasteiger partial charge in [0, 0.05) is 17.0 Å². The van der Waals surface area contributed by atoms with E-state index in [1.54, 1.807) is 6.07 Å². The number of benzene rings is 2. The van der Waals surface area contributed by atoms with Gasteiger partial charge in [-0.15, -0.1) is 5.10 Å². The number of hydrogen-bond donors (Lipinski definition) is 1. The quantitative estimate of drug-likeness (QED) is 0.313. The van der Waals surface area contributed by atoms with Crippen molar-refractivity contribution >= 4 is 34.1 Å². The Morgan fingerprint density at radius 2 is 1.79 bits per heavy atom. The second kappa shape index (κ2) is 9.90. The number of nitriles is 1. The maximum absolute atomic E-state index is 12.2. The number of nitrogens with zero attached hydrogens (tertiary/aromatic N) is 4. The van der Waals surface area contributed by atoms with E-state index in [4.69, 9.17) is 38.2 Å². The van der Waals surface area contributed by atoms with E-state index in [0.717, 1.165) is 39.7 Å². The summed E-state index contributed by atoms with van der Waals surface area (Å²) < 4.78 is 6.89. The number of fused-ring (bicyclic) bond motifs is 1. The third kappa shape index (κ3) is 5.04. The number of H-pyrrole nitrogens is 1. The molecule has 1 N–H and O–H groups in total. The van der Waals surface area contributed by atoms with E-state index in [9.17, 15) is 9.59 Å². The number of hydrogen-bond acceptors (Lipinski definition) is 6. The number of rotatable bonds is 4. The molecule has 1 fully saturated rings. The fourth-order valence-corrected chi connectivity index (χ4v) is 5.45. The van der Waals surface area contributed by atoms with E-state index in [0.29, 0.717) is 17.1 Å². The van der Waals surface area contributed by atoms with E-state index < -0.39 is 16.9 Å². The molecule has 1 aliphatic rings. The first-order valence-corrected chi connectivity index (χ1v) is 13.0. The smallest absolute Gasteiger partial charge is 0.349 e. The van der Waals surface area contributed by atoms with Crippen LogP contribution in [-0.4, -0.2) is 19.7 Å². The molecule has 2 aromatic heterocycles. The molecule has 0 unspecified atom stereocenters. The summed E-state index contributed by atoms with van der Waals surface area (Å²) in [5.74, 6) is 1.20. The molecular weight excluding hydrogens is 525 g/mol. The molecule has 10 heteroatoms. The Labute approximate surface area is 228 Å². The van der Waals surface area contributed by atoms with E-state index in [-0.39, 0.29) is 21.5 Å². The Balaban J connectivity index is 1.44. The van der Waals surface area contributed by atoms with Crippen molar-refractivity contribution in [3.63, 3.8) is 0 Å². The van der Waals surface area contributed by atoms with Gasteiger partial charge in [0.15, 0.2) is 5.75 Å². The summed E-state index contributed by atoms with van der Waals surface area (Å²) in [4.78, 5) is 30.9. The highest BCUT2D eigenvalue weighted by atomic mass is 35.5. The van der Waals surface area contributed by atoms with Crippen LogP contribution in [-0.2, 0) is 0 Å². The first-order valence-electron chi connectivity index (χ1n) is 12.3. The van der Waals surface area contributed by atoms with E-state index in [1.165, 1.54) is 25.0 Å². The molecule has 0 amide bonds. The second-order valence-electron chi connectivity index (χ2n) is 10.5. The van der Waals surface area contributed by atoms with Gasteiger partial charge in [-0.1, -0.05) is 37.0 Å². The molecule has 0 radical (unpaired) electrons. The Hall–Kier alpha value is -3.67. The molecule has 2 heterocycles. The lowest BCUT2D eigenvalue weighted by atomic mass is 9.72. The number of halogens is 2. The Bertz CT molecular complexity index is 1700. The van der Waals surface area contributed by atoms with Crippen LogP contribution < -0.4 is 16.0 Å². The fraction of sp³-hybridized carbons (Fsp3) is 0.321.